The molecule has 34 heavy (non-hydrogen) atoms. The largest absolute Gasteiger partial charge is 0.495 e. The zero-order chi connectivity index (χ0) is 25.2. The summed E-state index contributed by atoms with van der Waals surface area (Å²) in [5, 5.41) is 6.44. The number of hydrogen-bond acceptors (Lipinski definition) is 6. The van der Waals surface area contributed by atoms with Gasteiger partial charge in [0.05, 0.1) is 28.8 Å². The van der Waals surface area contributed by atoms with Gasteiger partial charge in [-0.15, -0.1) is 0 Å². The fourth-order valence-electron chi connectivity index (χ4n) is 3.23. The summed E-state index contributed by atoms with van der Waals surface area (Å²) >= 11 is 5.10. The van der Waals surface area contributed by atoms with Gasteiger partial charge in [-0.2, -0.15) is 0 Å². The van der Waals surface area contributed by atoms with Crippen molar-refractivity contribution >= 4 is 66.8 Å². The summed E-state index contributed by atoms with van der Waals surface area (Å²) in [6.07, 6.45) is 0.395. The van der Waals surface area contributed by atoms with Crippen molar-refractivity contribution in [2.45, 2.75) is 43.5 Å². The highest BCUT2D eigenvalue weighted by molar-refractivity contribution is 14.1. The normalized spacial score (nSPS) is 14.7. The molecule has 1 heterocycles. The van der Waals surface area contributed by atoms with Crippen LogP contribution < -0.4 is 20.1 Å². The maximum atomic E-state index is 14.1. The fraction of sp³-hybridized carbons (Fsp3) is 0.348. The summed E-state index contributed by atoms with van der Waals surface area (Å²) in [4.78, 5) is 21.2. The molecule has 0 aliphatic rings. The summed E-state index contributed by atoms with van der Waals surface area (Å²) in [6.45, 7) is 6.30. The minimum Gasteiger partial charge on any atom is -0.495 e. The average molecular weight is 649 g/mol. The number of carbonyl (C=O) groups excluding carboxylic acids is 1. The van der Waals surface area contributed by atoms with E-state index >= 15 is 0 Å². The Morgan fingerprint density at radius 3 is 2.62 bits per heavy atom. The minimum absolute atomic E-state index is 0.0984. The number of alkyl halides is 2. The zero-order valence-corrected chi connectivity index (χ0v) is 22.9. The molecule has 0 fully saturated rings. The molecule has 3 aromatic rings. The highest BCUT2D eigenvalue weighted by atomic mass is 127. The molecule has 0 radical (unpaired) electrons. The predicted molar refractivity (Wildman–Crippen MR) is 139 cm³/mol. The van der Waals surface area contributed by atoms with Gasteiger partial charge in [-0.25, -0.2) is 18.7 Å². The minimum atomic E-state index is -1.64. The van der Waals surface area contributed by atoms with Crippen molar-refractivity contribution in [3.63, 3.8) is 0 Å². The van der Waals surface area contributed by atoms with E-state index in [1.54, 1.807) is 36.6 Å². The molecule has 182 valence electrons. The topological polar surface area (TPSA) is 85.4 Å². The molecule has 0 saturated heterocycles. The van der Waals surface area contributed by atoms with Gasteiger partial charge in [0.1, 0.15) is 29.5 Å². The van der Waals surface area contributed by atoms with Gasteiger partial charge in [0, 0.05) is 17.0 Å². The van der Waals surface area contributed by atoms with Gasteiger partial charge in [0.25, 0.3) is 5.91 Å². The molecule has 1 unspecified atom stereocenters. The van der Waals surface area contributed by atoms with Gasteiger partial charge in [0.2, 0.25) is 0 Å². The predicted octanol–water partition coefficient (Wildman–Crippen LogP) is 5.98. The molecule has 0 saturated carbocycles. The van der Waals surface area contributed by atoms with Crippen LogP contribution in [0.5, 0.6) is 11.5 Å². The van der Waals surface area contributed by atoms with E-state index in [4.69, 9.17) is 9.47 Å². The number of halogens is 4. The first-order chi connectivity index (χ1) is 15.9. The molecule has 7 nitrogen and oxygen atoms in total. The van der Waals surface area contributed by atoms with Crippen molar-refractivity contribution in [2.75, 3.05) is 12.4 Å². The van der Waals surface area contributed by atoms with Crippen LogP contribution in [0.25, 0.3) is 10.9 Å². The third kappa shape index (κ3) is 5.85. The standard InChI is InChI=1S/C23H24BrF2IN4O3/c1-11-19-17(9-15(24)20(11)33-5)28-10-29-21(19)31-16-7-6-14(25)8-18(16)34-12(2)22(32)30-13(3)23(4,26)27/h6-10,12-13H,1-5H3,(H,30,32)(H,28,29,31)/t12-,13+,23?/m1/s1. The number of rotatable bonds is 8. The smallest absolute Gasteiger partial charge is 0.261 e. The third-order valence-corrected chi connectivity index (χ3v) is 6.79. The highest BCUT2D eigenvalue weighted by Gasteiger charge is 2.30. The Balaban J connectivity index is 1.93. The number of nitrogens with zero attached hydrogens (tertiary/aromatic N) is 2. The van der Waals surface area contributed by atoms with Gasteiger partial charge in [-0.05, 0) is 84.4 Å². The van der Waals surface area contributed by atoms with E-state index in [0.29, 0.717) is 28.2 Å². The Kier molecular flexibility index (Phi) is 8.17. The average Bonchev–Trinajstić information content (AvgIpc) is 2.75. The molecule has 0 bridgehead atoms. The molecule has 0 aliphatic heterocycles. The number of aromatic nitrogens is 2. The molecule has 3 atom stereocenters. The lowest BCUT2D eigenvalue weighted by Crippen LogP contribution is -2.47. The highest BCUT2D eigenvalue weighted by Crippen LogP contribution is 2.38. The van der Waals surface area contributed by atoms with Gasteiger partial charge in [-0.1, -0.05) is 0 Å². The van der Waals surface area contributed by atoms with Crippen molar-refractivity contribution in [3.8, 4) is 11.5 Å². The van der Waals surface area contributed by atoms with Crippen molar-refractivity contribution < 1.29 is 23.0 Å². The summed E-state index contributed by atoms with van der Waals surface area (Å²) in [6, 6.07) is 4.98. The maximum Gasteiger partial charge on any atom is 0.261 e. The molecule has 0 spiro atoms. The van der Waals surface area contributed by atoms with Crippen LogP contribution in [0.1, 0.15) is 26.3 Å². The molecule has 11 heteroatoms. The van der Waals surface area contributed by atoms with Crippen molar-refractivity contribution in [1.82, 2.24) is 15.3 Å². The number of carbonyl (C=O) groups is 1. The molecule has 2 N–H and O–H groups in total. The summed E-state index contributed by atoms with van der Waals surface area (Å²) < 4.78 is 38.5. The second-order valence-electron chi connectivity index (χ2n) is 7.85. The van der Waals surface area contributed by atoms with E-state index in [9.17, 15) is 13.6 Å². The monoisotopic (exact) mass is 648 g/mol. The van der Waals surface area contributed by atoms with Crippen molar-refractivity contribution in [2.24, 2.45) is 0 Å². The van der Waals surface area contributed by atoms with Crippen LogP contribution in [0, 0.1) is 12.7 Å². The van der Waals surface area contributed by atoms with Crippen molar-refractivity contribution in [3.05, 3.63) is 46.4 Å². The number of aryl methyl sites for hydroxylation is 1. The summed E-state index contributed by atoms with van der Waals surface area (Å²) in [7, 11) is 1.57. The number of benzene rings is 2. The van der Waals surface area contributed by atoms with Gasteiger partial charge >= 0.3 is 0 Å². The van der Waals surface area contributed by atoms with Crippen molar-refractivity contribution in [1.29, 1.82) is 0 Å². The van der Waals surface area contributed by atoms with Crippen LogP contribution >= 0.6 is 38.5 Å². The molecule has 1 aromatic heterocycles. The van der Waals surface area contributed by atoms with E-state index in [1.807, 2.05) is 13.0 Å². The Morgan fingerprint density at radius 1 is 1.26 bits per heavy atom. The van der Waals surface area contributed by atoms with Gasteiger partial charge in [0.15, 0.2) is 9.78 Å². The Labute approximate surface area is 218 Å². The summed E-state index contributed by atoms with van der Waals surface area (Å²) in [5.74, 6) is 0.117. The van der Waals surface area contributed by atoms with Crippen LogP contribution in [-0.2, 0) is 4.79 Å². The lowest BCUT2D eigenvalue weighted by atomic mass is 10.1. The first-order valence-corrected chi connectivity index (χ1v) is 12.2. The number of amides is 1. The number of ether oxygens (including phenoxy) is 2. The van der Waals surface area contributed by atoms with E-state index < -0.39 is 27.5 Å². The molecule has 0 aliphatic carbocycles. The van der Waals surface area contributed by atoms with E-state index in [-0.39, 0.29) is 5.75 Å². The van der Waals surface area contributed by atoms with E-state index in [0.717, 1.165) is 10.0 Å². The molecule has 3 rings (SSSR count). The van der Waals surface area contributed by atoms with Gasteiger partial charge in [-0.3, -0.25) is 4.79 Å². The summed E-state index contributed by atoms with van der Waals surface area (Å²) in [5.41, 5.74) is 1.86. The van der Waals surface area contributed by atoms with Gasteiger partial charge < -0.3 is 20.1 Å². The fourth-order valence-corrected chi connectivity index (χ4v) is 4.06. The van der Waals surface area contributed by atoms with Crippen LogP contribution in [0.2, 0.25) is 0 Å². The van der Waals surface area contributed by atoms with E-state index in [1.165, 1.54) is 38.4 Å². The van der Waals surface area contributed by atoms with E-state index in [2.05, 4.69) is 36.5 Å². The van der Waals surface area contributed by atoms with Crippen LogP contribution in [0.4, 0.5) is 20.3 Å². The quantitative estimate of drug-likeness (QED) is 0.231. The molecule has 2 aromatic carbocycles. The third-order valence-electron chi connectivity index (χ3n) is 5.27. The van der Waals surface area contributed by atoms with Crippen LogP contribution in [0.15, 0.2) is 35.1 Å². The number of anilines is 2. The molecular weight excluding hydrogens is 625 g/mol. The molecule has 1 amide bonds. The second kappa shape index (κ2) is 10.5. The number of nitrogens with one attached hydrogen (secondary N) is 2. The SMILES string of the molecule is COc1c(Br)cc2ncnc(Nc3ccc(F)cc3O[C@H](C)C(=O)N[C@@H](C)C(C)(F)I)c2c1C. The molecular formula is C23H24BrF2IN4O3. The number of fused-ring (bicyclic) bond motifs is 1. The Bertz CT molecular complexity index is 1220. The maximum absolute atomic E-state index is 14.1. The lowest BCUT2D eigenvalue weighted by molar-refractivity contribution is -0.128. The first-order valence-electron chi connectivity index (χ1n) is 10.3. The number of methoxy groups -OCH3 is 1. The Hall–Kier alpha value is -2.28. The second-order valence-corrected chi connectivity index (χ2v) is 10.8. The van der Waals surface area contributed by atoms with Crippen LogP contribution in [0.3, 0.4) is 0 Å². The number of hydrogen-bond donors (Lipinski definition) is 2. The zero-order valence-electron chi connectivity index (χ0n) is 19.2. The first kappa shape index (κ1) is 26.3. The Morgan fingerprint density at radius 2 is 1.97 bits per heavy atom. The lowest BCUT2D eigenvalue weighted by Gasteiger charge is -2.25. The van der Waals surface area contributed by atoms with Crippen LogP contribution in [-0.4, -0.2) is 38.8 Å².